The van der Waals surface area contributed by atoms with E-state index in [9.17, 15) is 16.8 Å². The zero-order valence-corrected chi connectivity index (χ0v) is 14.8. The Morgan fingerprint density at radius 3 is 1.24 bits per heavy atom. The van der Waals surface area contributed by atoms with Crippen LogP contribution in [0.25, 0.3) is 0 Å². The minimum absolute atomic E-state index is 0.145. The molecule has 0 saturated heterocycles. The lowest BCUT2D eigenvalue weighted by Crippen LogP contribution is -2.03. The molecular formula is C12H26O6PS2. The maximum atomic E-state index is 10.5. The molecule has 2 N–H and O–H groups in total. The fraction of sp³-hybridized carbons (Fsp3) is 1.00. The second-order valence-electron chi connectivity index (χ2n) is 5.07. The van der Waals surface area contributed by atoms with Crippen LogP contribution < -0.4 is 0 Å². The summed E-state index contributed by atoms with van der Waals surface area (Å²) < 4.78 is 59.0. The fourth-order valence-electron chi connectivity index (χ4n) is 1.84. The summed E-state index contributed by atoms with van der Waals surface area (Å²) in [5.41, 5.74) is 0. The maximum absolute atomic E-state index is 10.5. The van der Waals surface area contributed by atoms with Crippen molar-refractivity contribution in [2.75, 3.05) is 23.8 Å². The molecule has 0 aromatic carbocycles. The standard InChI is InChI=1S/C12H26O6PS2/c13-20(14,15)11-7-3-1-5-9-19-10-6-2-4-8-12-21(16,17)18/h1-12H2,(H,13,14,15)(H,16,17,18). The SMILES string of the molecule is O=S(=O)(O)CCCCCC[P]CCCCCCS(=O)(=O)O. The van der Waals surface area contributed by atoms with Gasteiger partial charge in [-0.05, 0) is 38.0 Å². The molecule has 0 aromatic heterocycles. The van der Waals surface area contributed by atoms with Gasteiger partial charge in [0.05, 0.1) is 11.5 Å². The molecule has 1 radical (unpaired) electrons. The van der Waals surface area contributed by atoms with E-state index in [4.69, 9.17) is 9.11 Å². The highest BCUT2D eigenvalue weighted by Crippen LogP contribution is 2.17. The van der Waals surface area contributed by atoms with Gasteiger partial charge in [-0.3, -0.25) is 9.11 Å². The summed E-state index contributed by atoms with van der Waals surface area (Å²) in [6.45, 7) is 0. The highest BCUT2D eigenvalue weighted by Gasteiger charge is 2.04. The molecule has 0 unspecified atom stereocenters. The maximum Gasteiger partial charge on any atom is 0.264 e. The lowest BCUT2D eigenvalue weighted by molar-refractivity contribution is 0.477. The molecule has 6 nitrogen and oxygen atoms in total. The van der Waals surface area contributed by atoms with Crippen LogP contribution in [0.15, 0.2) is 0 Å². The third-order valence-electron chi connectivity index (χ3n) is 2.94. The van der Waals surface area contributed by atoms with Crippen molar-refractivity contribution in [3.05, 3.63) is 0 Å². The molecule has 0 aliphatic heterocycles. The molecule has 0 aliphatic rings. The van der Waals surface area contributed by atoms with Gasteiger partial charge in [0.2, 0.25) is 0 Å². The van der Waals surface area contributed by atoms with Crippen molar-refractivity contribution in [2.45, 2.75) is 51.4 Å². The van der Waals surface area contributed by atoms with Crippen molar-refractivity contribution in [3.63, 3.8) is 0 Å². The lowest BCUT2D eigenvalue weighted by Gasteiger charge is -2.02. The van der Waals surface area contributed by atoms with Crippen LogP contribution in [0.2, 0.25) is 0 Å². The summed E-state index contributed by atoms with van der Waals surface area (Å²) in [7, 11) is -6.23. The Kier molecular flexibility index (Phi) is 11.9. The Balaban J connectivity index is 3.16. The second-order valence-corrected chi connectivity index (χ2v) is 9.56. The van der Waals surface area contributed by atoms with Crippen LogP contribution in [0.3, 0.4) is 0 Å². The lowest BCUT2D eigenvalue weighted by atomic mass is 10.2. The minimum atomic E-state index is -3.80. The molecule has 9 heteroatoms. The third-order valence-corrected chi connectivity index (χ3v) is 5.81. The Labute approximate surface area is 130 Å². The average Bonchev–Trinajstić information content (AvgIpc) is 2.32. The van der Waals surface area contributed by atoms with Crippen LogP contribution in [0, 0.1) is 0 Å². The van der Waals surface area contributed by atoms with E-state index in [0.717, 1.165) is 50.8 Å². The Bertz CT molecular complexity index is 404. The molecule has 0 aliphatic carbocycles. The zero-order chi connectivity index (χ0) is 16.2. The predicted molar refractivity (Wildman–Crippen MR) is 86.4 cm³/mol. The highest BCUT2D eigenvalue weighted by atomic mass is 32.2. The van der Waals surface area contributed by atoms with Gasteiger partial charge in [0.1, 0.15) is 0 Å². The van der Waals surface area contributed by atoms with E-state index in [1.165, 1.54) is 8.58 Å². The molecule has 0 fully saturated rings. The van der Waals surface area contributed by atoms with E-state index >= 15 is 0 Å². The first-order valence-corrected chi connectivity index (χ1v) is 11.7. The van der Waals surface area contributed by atoms with Crippen molar-refractivity contribution in [1.29, 1.82) is 0 Å². The van der Waals surface area contributed by atoms with Crippen LogP contribution in [-0.4, -0.2) is 49.8 Å². The summed E-state index contributed by atoms with van der Waals surface area (Å²) in [4.78, 5) is 0. The quantitative estimate of drug-likeness (QED) is 0.280. The van der Waals surface area contributed by atoms with Gasteiger partial charge in [0, 0.05) is 0 Å². The van der Waals surface area contributed by atoms with Gasteiger partial charge in [0.25, 0.3) is 20.2 Å². The van der Waals surface area contributed by atoms with E-state index in [-0.39, 0.29) is 11.5 Å². The summed E-state index contributed by atoms with van der Waals surface area (Å²) >= 11 is 0. The normalized spacial score (nSPS) is 12.7. The predicted octanol–water partition coefficient (Wildman–Crippen LogP) is 2.83. The average molecular weight is 361 g/mol. The summed E-state index contributed by atoms with van der Waals surface area (Å²) in [5.74, 6) is -0.289. The van der Waals surface area contributed by atoms with Crippen LogP contribution in [0.5, 0.6) is 0 Å². The summed E-state index contributed by atoms with van der Waals surface area (Å²) in [6, 6.07) is 0. The molecule has 0 saturated carbocycles. The Morgan fingerprint density at radius 2 is 0.905 bits per heavy atom. The topological polar surface area (TPSA) is 109 Å². The van der Waals surface area contributed by atoms with Crippen LogP contribution in [0.1, 0.15) is 51.4 Å². The van der Waals surface area contributed by atoms with E-state index < -0.39 is 20.2 Å². The third kappa shape index (κ3) is 20.2. The number of hydrogen-bond acceptors (Lipinski definition) is 4. The molecule has 0 spiro atoms. The van der Waals surface area contributed by atoms with Crippen molar-refractivity contribution in [1.82, 2.24) is 0 Å². The smallest absolute Gasteiger partial charge is 0.264 e. The largest absolute Gasteiger partial charge is 0.286 e. The zero-order valence-electron chi connectivity index (χ0n) is 12.3. The van der Waals surface area contributed by atoms with Gasteiger partial charge in [-0.1, -0.05) is 34.3 Å². The van der Waals surface area contributed by atoms with Gasteiger partial charge in [0.15, 0.2) is 0 Å². The minimum Gasteiger partial charge on any atom is -0.286 e. The molecule has 21 heavy (non-hydrogen) atoms. The van der Waals surface area contributed by atoms with Crippen LogP contribution >= 0.6 is 8.58 Å². The first kappa shape index (κ1) is 21.2. The van der Waals surface area contributed by atoms with Crippen molar-refractivity contribution < 1.29 is 25.9 Å². The molecule has 127 valence electrons. The van der Waals surface area contributed by atoms with Gasteiger partial charge in [-0.15, -0.1) is 0 Å². The van der Waals surface area contributed by atoms with E-state index in [0.29, 0.717) is 12.8 Å². The molecule has 0 bridgehead atoms. The fourth-order valence-corrected chi connectivity index (χ4v) is 4.09. The van der Waals surface area contributed by atoms with E-state index in [1.54, 1.807) is 0 Å². The highest BCUT2D eigenvalue weighted by molar-refractivity contribution is 7.86. The van der Waals surface area contributed by atoms with E-state index in [1.807, 2.05) is 0 Å². The molecule has 0 heterocycles. The van der Waals surface area contributed by atoms with Crippen molar-refractivity contribution >= 4 is 28.8 Å². The first-order chi connectivity index (χ1) is 9.71. The van der Waals surface area contributed by atoms with E-state index in [2.05, 4.69) is 0 Å². The van der Waals surface area contributed by atoms with Gasteiger partial charge in [-0.25, -0.2) is 0 Å². The van der Waals surface area contributed by atoms with Gasteiger partial charge < -0.3 is 0 Å². The Morgan fingerprint density at radius 1 is 0.571 bits per heavy atom. The van der Waals surface area contributed by atoms with Crippen molar-refractivity contribution in [2.24, 2.45) is 0 Å². The number of rotatable bonds is 14. The summed E-state index contributed by atoms with van der Waals surface area (Å²) in [5, 5.41) is 0. The first-order valence-electron chi connectivity index (χ1n) is 7.24. The monoisotopic (exact) mass is 361 g/mol. The molecule has 0 rings (SSSR count). The Hall–Kier alpha value is 0.250. The van der Waals surface area contributed by atoms with Crippen molar-refractivity contribution in [3.8, 4) is 0 Å². The summed E-state index contributed by atoms with van der Waals surface area (Å²) in [6.07, 6.45) is 8.97. The van der Waals surface area contributed by atoms with Gasteiger partial charge >= 0.3 is 0 Å². The number of hydrogen-bond donors (Lipinski definition) is 2. The van der Waals surface area contributed by atoms with Gasteiger partial charge in [-0.2, -0.15) is 16.8 Å². The second kappa shape index (κ2) is 11.8. The molecular weight excluding hydrogens is 335 g/mol. The molecule has 0 amide bonds. The van der Waals surface area contributed by atoms with Crippen LogP contribution in [-0.2, 0) is 20.2 Å². The number of unbranched alkanes of at least 4 members (excludes halogenated alkanes) is 6. The van der Waals surface area contributed by atoms with Crippen LogP contribution in [0.4, 0.5) is 0 Å². The molecule has 0 aromatic rings. The molecule has 0 atom stereocenters.